The van der Waals surface area contributed by atoms with E-state index in [1.165, 1.54) is 0 Å². The number of aromatic nitrogens is 2. The Hall–Kier alpha value is -0.550. The second kappa shape index (κ2) is 6.91. The quantitative estimate of drug-likeness (QED) is 0.795. The molecule has 0 amide bonds. The molecule has 1 heterocycles. The average molecular weight is 243 g/mol. The molecule has 0 aliphatic carbocycles. The number of nitrogens with one attached hydrogen (secondary N) is 1. The van der Waals surface area contributed by atoms with Gasteiger partial charge in [0.05, 0.1) is 5.75 Å². The summed E-state index contributed by atoms with van der Waals surface area (Å²) >= 11 is 1.70. The fourth-order valence-electron chi connectivity index (χ4n) is 1.64. The van der Waals surface area contributed by atoms with E-state index in [1.54, 1.807) is 11.8 Å². The van der Waals surface area contributed by atoms with E-state index in [-0.39, 0.29) is 0 Å². The van der Waals surface area contributed by atoms with Crippen LogP contribution in [-0.2, 0) is 12.2 Å². The molecule has 1 aromatic rings. The summed E-state index contributed by atoms with van der Waals surface area (Å²) in [6, 6.07) is 0.419. The maximum atomic E-state index is 5.22. The zero-order chi connectivity index (χ0) is 12.0. The maximum Gasteiger partial charge on any atom is 0.228 e. The SMILES string of the molecule is CNC(Cc1nc(CSC)no1)CC(C)C. The molecule has 0 spiro atoms. The van der Waals surface area contributed by atoms with Crippen molar-refractivity contribution in [1.29, 1.82) is 0 Å². The van der Waals surface area contributed by atoms with Crippen LogP contribution in [0.5, 0.6) is 0 Å². The highest BCUT2D eigenvalue weighted by Crippen LogP contribution is 2.11. The Morgan fingerprint density at radius 1 is 1.44 bits per heavy atom. The largest absolute Gasteiger partial charge is 0.339 e. The standard InChI is InChI=1S/C11H21N3OS/c1-8(2)5-9(12-3)6-11-13-10(7-16-4)14-15-11/h8-9,12H,5-7H2,1-4H3. The average Bonchev–Trinajstić information content (AvgIpc) is 2.64. The van der Waals surface area contributed by atoms with Gasteiger partial charge in [0.1, 0.15) is 0 Å². The molecule has 0 bridgehead atoms. The highest BCUT2D eigenvalue weighted by atomic mass is 32.2. The van der Waals surface area contributed by atoms with Crippen molar-refractivity contribution in [2.75, 3.05) is 13.3 Å². The Bertz CT molecular complexity index is 301. The molecule has 92 valence electrons. The fraction of sp³-hybridized carbons (Fsp3) is 0.818. The second-order valence-electron chi connectivity index (χ2n) is 4.36. The Kier molecular flexibility index (Phi) is 5.84. The van der Waals surface area contributed by atoms with Crippen LogP contribution in [0.2, 0.25) is 0 Å². The Morgan fingerprint density at radius 2 is 2.19 bits per heavy atom. The molecular formula is C11H21N3OS. The lowest BCUT2D eigenvalue weighted by molar-refractivity contribution is 0.343. The van der Waals surface area contributed by atoms with Crippen molar-refractivity contribution in [2.45, 2.75) is 38.5 Å². The lowest BCUT2D eigenvalue weighted by Crippen LogP contribution is -2.29. The zero-order valence-corrected chi connectivity index (χ0v) is 11.3. The van der Waals surface area contributed by atoms with Crippen LogP contribution in [0.3, 0.4) is 0 Å². The van der Waals surface area contributed by atoms with Crippen molar-refractivity contribution in [1.82, 2.24) is 15.5 Å². The van der Waals surface area contributed by atoms with Crippen molar-refractivity contribution in [2.24, 2.45) is 5.92 Å². The van der Waals surface area contributed by atoms with Crippen LogP contribution in [0.4, 0.5) is 0 Å². The Balaban J connectivity index is 2.49. The summed E-state index contributed by atoms with van der Waals surface area (Å²) < 4.78 is 5.22. The highest BCUT2D eigenvalue weighted by Gasteiger charge is 2.14. The molecule has 16 heavy (non-hydrogen) atoms. The normalized spacial score (nSPS) is 13.3. The van der Waals surface area contributed by atoms with Gasteiger partial charge in [0.25, 0.3) is 0 Å². The highest BCUT2D eigenvalue weighted by molar-refractivity contribution is 7.97. The summed E-state index contributed by atoms with van der Waals surface area (Å²) in [6.07, 6.45) is 3.97. The third-order valence-corrected chi connectivity index (χ3v) is 2.92. The smallest absolute Gasteiger partial charge is 0.228 e. The van der Waals surface area contributed by atoms with E-state index in [4.69, 9.17) is 4.52 Å². The Labute approximate surface area is 102 Å². The van der Waals surface area contributed by atoms with Crippen LogP contribution in [0.15, 0.2) is 4.52 Å². The van der Waals surface area contributed by atoms with Gasteiger partial charge in [-0.15, -0.1) is 0 Å². The first-order valence-electron chi connectivity index (χ1n) is 5.63. The van der Waals surface area contributed by atoms with Crippen LogP contribution in [0.25, 0.3) is 0 Å². The van der Waals surface area contributed by atoms with Gasteiger partial charge >= 0.3 is 0 Å². The first-order valence-corrected chi connectivity index (χ1v) is 7.02. The summed E-state index contributed by atoms with van der Waals surface area (Å²) in [4.78, 5) is 4.36. The molecule has 0 saturated heterocycles. The molecule has 1 N–H and O–H groups in total. The molecule has 0 aliphatic heterocycles. The van der Waals surface area contributed by atoms with Crippen molar-refractivity contribution >= 4 is 11.8 Å². The lowest BCUT2D eigenvalue weighted by Gasteiger charge is -2.15. The molecule has 0 aliphatic rings. The minimum Gasteiger partial charge on any atom is -0.339 e. The molecule has 0 radical (unpaired) electrons. The van der Waals surface area contributed by atoms with Crippen LogP contribution in [0, 0.1) is 5.92 Å². The summed E-state index contributed by atoms with van der Waals surface area (Å²) in [6.45, 7) is 4.44. The van der Waals surface area contributed by atoms with Crippen LogP contribution in [0.1, 0.15) is 32.0 Å². The van der Waals surface area contributed by atoms with Crippen molar-refractivity contribution in [3.8, 4) is 0 Å². The fourth-order valence-corrected chi connectivity index (χ4v) is 2.02. The molecular weight excluding hydrogens is 222 g/mol. The van der Waals surface area contributed by atoms with Gasteiger partial charge in [0, 0.05) is 12.5 Å². The van der Waals surface area contributed by atoms with Gasteiger partial charge in [-0.1, -0.05) is 19.0 Å². The molecule has 1 rings (SSSR count). The van der Waals surface area contributed by atoms with Gasteiger partial charge < -0.3 is 9.84 Å². The third kappa shape index (κ3) is 4.53. The number of nitrogens with zero attached hydrogens (tertiary/aromatic N) is 2. The van der Waals surface area contributed by atoms with E-state index < -0.39 is 0 Å². The predicted octanol–water partition coefficient (Wildman–Crippen LogP) is 2.11. The van der Waals surface area contributed by atoms with E-state index in [0.29, 0.717) is 12.0 Å². The Morgan fingerprint density at radius 3 is 2.75 bits per heavy atom. The van der Waals surface area contributed by atoms with E-state index in [1.807, 2.05) is 13.3 Å². The van der Waals surface area contributed by atoms with Crippen molar-refractivity contribution in [3.63, 3.8) is 0 Å². The zero-order valence-electron chi connectivity index (χ0n) is 10.5. The van der Waals surface area contributed by atoms with E-state index >= 15 is 0 Å². The van der Waals surface area contributed by atoms with E-state index in [0.717, 1.165) is 30.3 Å². The number of thioether (sulfide) groups is 1. The molecule has 0 aromatic carbocycles. The van der Waals surface area contributed by atoms with Crippen molar-refractivity contribution in [3.05, 3.63) is 11.7 Å². The topological polar surface area (TPSA) is 51.0 Å². The minimum absolute atomic E-state index is 0.419. The van der Waals surface area contributed by atoms with E-state index in [2.05, 4.69) is 29.3 Å². The van der Waals surface area contributed by atoms with Gasteiger partial charge in [-0.3, -0.25) is 0 Å². The maximum absolute atomic E-state index is 5.22. The van der Waals surface area contributed by atoms with Gasteiger partial charge in [0.15, 0.2) is 5.82 Å². The first kappa shape index (κ1) is 13.5. The monoisotopic (exact) mass is 243 g/mol. The molecule has 1 unspecified atom stereocenters. The second-order valence-corrected chi connectivity index (χ2v) is 5.22. The molecule has 0 saturated carbocycles. The molecule has 0 fully saturated rings. The van der Waals surface area contributed by atoms with Gasteiger partial charge in [-0.25, -0.2) is 0 Å². The van der Waals surface area contributed by atoms with Crippen LogP contribution < -0.4 is 5.32 Å². The molecule has 4 nitrogen and oxygen atoms in total. The third-order valence-electron chi connectivity index (χ3n) is 2.37. The number of likely N-dealkylation sites (N-methyl/N-ethyl adjacent to an activating group) is 1. The molecule has 1 atom stereocenters. The van der Waals surface area contributed by atoms with Gasteiger partial charge in [-0.2, -0.15) is 16.7 Å². The summed E-state index contributed by atoms with van der Waals surface area (Å²) in [7, 11) is 1.98. The summed E-state index contributed by atoms with van der Waals surface area (Å²) in [5.74, 6) is 3.02. The number of hydrogen-bond donors (Lipinski definition) is 1. The summed E-state index contributed by atoms with van der Waals surface area (Å²) in [5, 5.41) is 7.23. The minimum atomic E-state index is 0.419. The lowest BCUT2D eigenvalue weighted by atomic mass is 10.0. The van der Waals surface area contributed by atoms with Gasteiger partial charge in [-0.05, 0) is 25.6 Å². The number of hydrogen-bond acceptors (Lipinski definition) is 5. The van der Waals surface area contributed by atoms with E-state index in [9.17, 15) is 0 Å². The predicted molar refractivity (Wildman–Crippen MR) is 67.5 cm³/mol. The van der Waals surface area contributed by atoms with Crippen LogP contribution in [-0.4, -0.2) is 29.5 Å². The van der Waals surface area contributed by atoms with Crippen molar-refractivity contribution < 1.29 is 4.52 Å². The molecule has 5 heteroatoms. The molecule has 1 aromatic heterocycles. The number of rotatable bonds is 7. The first-order chi connectivity index (χ1) is 7.65. The van der Waals surface area contributed by atoms with Crippen LogP contribution >= 0.6 is 11.8 Å². The summed E-state index contributed by atoms with van der Waals surface area (Å²) in [5.41, 5.74) is 0. The van der Waals surface area contributed by atoms with Gasteiger partial charge in [0.2, 0.25) is 5.89 Å².